The molecule has 0 bridgehead atoms. The van der Waals surface area contributed by atoms with Gasteiger partial charge in [-0.3, -0.25) is 4.79 Å². The van der Waals surface area contributed by atoms with E-state index < -0.39 is 0 Å². The molecule has 1 saturated carbocycles. The number of hydrogen-bond donors (Lipinski definition) is 0. The molecule has 0 saturated heterocycles. The van der Waals surface area contributed by atoms with Gasteiger partial charge in [-0.1, -0.05) is 0 Å². The summed E-state index contributed by atoms with van der Waals surface area (Å²) in [7, 11) is 0. The number of ether oxygens (including phenoxy) is 1. The number of hydrogen-bond acceptors (Lipinski definition) is 4. The van der Waals surface area contributed by atoms with E-state index >= 15 is 0 Å². The van der Waals surface area contributed by atoms with Crippen molar-refractivity contribution in [2.75, 3.05) is 0 Å². The van der Waals surface area contributed by atoms with Crippen molar-refractivity contribution < 1.29 is 9.53 Å². The Kier molecular flexibility index (Phi) is 1.98. The van der Waals surface area contributed by atoms with Gasteiger partial charge in [-0.15, -0.1) is 0 Å². The fourth-order valence-electron chi connectivity index (χ4n) is 1.74. The Bertz CT molecular complexity index is 599. The smallest absolute Gasteiger partial charge is 0.244 e. The minimum Gasteiger partial charge on any atom is -0.471 e. The molecular formula is C12H13N3O2. The summed E-state index contributed by atoms with van der Waals surface area (Å²) in [5.41, 5.74) is 1.35. The molecular weight excluding hydrogens is 218 g/mol. The molecule has 5 nitrogen and oxygen atoms in total. The molecule has 1 aliphatic carbocycles. The largest absolute Gasteiger partial charge is 0.471 e. The molecule has 0 aliphatic heterocycles. The zero-order chi connectivity index (χ0) is 12.0. The van der Waals surface area contributed by atoms with Crippen LogP contribution >= 0.6 is 0 Å². The van der Waals surface area contributed by atoms with Crippen LogP contribution in [-0.4, -0.2) is 26.3 Å². The van der Waals surface area contributed by atoms with Gasteiger partial charge in [0.25, 0.3) is 0 Å². The average Bonchev–Trinajstić information content (AvgIpc) is 2.85. The van der Waals surface area contributed by atoms with Gasteiger partial charge >= 0.3 is 0 Å². The van der Waals surface area contributed by atoms with Crippen molar-refractivity contribution in [3.63, 3.8) is 0 Å². The van der Waals surface area contributed by atoms with Crippen molar-refractivity contribution in [1.29, 1.82) is 0 Å². The molecule has 0 aromatic carbocycles. The van der Waals surface area contributed by atoms with E-state index in [9.17, 15) is 4.79 Å². The monoisotopic (exact) mass is 231 g/mol. The van der Waals surface area contributed by atoms with Crippen LogP contribution in [0.3, 0.4) is 0 Å². The summed E-state index contributed by atoms with van der Waals surface area (Å²) in [4.78, 5) is 15.6. The van der Waals surface area contributed by atoms with E-state index in [2.05, 4.69) is 17.0 Å². The summed E-state index contributed by atoms with van der Waals surface area (Å²) in [5, 5.41) is 4.00. The van der Waals surface area contributed by atoms with Crippen LogP contribution in [0.1, 0.15) is 31.5 Å². The molecule has 0 N–H and O–H groups in total. The van der Waals surface area contributed by atoms with Crippen molar-refractivity contribution >= 4 is 16.9 Å². The van der Waals surface area contributed by atoms with Crippen molar-refractivity contribution in [2.24, 2.45) is 0 Å². The van der Waals surface area contributed by atoms with E-state index in [4.69, 9.17) is 4.74 Å². The third-order valence-corrected chi connectivity index (χ3v) is 3.00. The van der Waals surface area contributed by atoms with Crippen molar-refractivity contribution in [3.8, 4) is 5.88 Å². The van der Waals surface area contributed by atoms with Crippen LogP contribution in [0.2, 0.25) is 0 Å². The maximum atomic E-state index is 11.3. The Morgan fingerprint density at radius 2 is 2.24 bits per heavy atom. The zero-order valence-corrected chi connectivity index (χ0v) is 9.80. The first-order valence-corrected chi connectivity index (χ1v) is 5.62. The van der Waals surface area contributed by atoms with Gasteiger partial charge in [0.1, 0.15) is 11.1 Å². The third kappa shape index (κ3) is 1.77. The van der Waals surface area contributed by atoms with E-state index in [1.54, 1.807) is 12.3 Å². The Labute approximate surface area is 98.4 Å². The van der Waals surface area contributed by atoms with Crippen molar-refractivity contribution in [1.82, 2.24) is 14.8 Å². The van der Waals surface area contributed by atoms with Gasteiger partial charge in [0.15, 0.2) is 0 Å². The van der Waals surface area contributed by atoms with Crippen LogP contribution in [0.15, 0.2) is 18.3 Å². The van der Waals surface area contributed by atoms with E-state index in [0.717, 1.165) is 12.8 Å². The minimum absolute atomic E-state index is 0.0444. The predicted octanol–water partition coefficient (Wildman–Crippen LogP) is 2.02. The standard InChI is InChI=1S/C12H13N3O2/c1-8(16)15-10-3-4-11(14-9(10)7-13-15)17-12(2)5-6-12/h3-4,7H,5-6H2,1-2H3. The first-order valence-electron chi connectivity index (χ1n) is 5.62. The van der Waals surface area contributed by atoms with Crippen LogP contribution in [0.25, 0.3) is 11.0 Å². The molecule has 0 amide bonds. The fourth-order valence-corrected chi connectivity index (χ4v) is 1.74. The second-order valence-corrected chi connectivity index (χ2v) is 4.68. The van der Waals surface area contributed by atoms with Gasteiger partial charge in [0, 0.05) is 13.0 Å². The quantitative estimate of drug-likeness (QED) is 0.793. The summed E-state index contributed by atoms with van der Waals surface area (Å²) in [6, 6.07) is 3.60. The molecule has 0 unspecified atom stereocenters. The number of nitrogens with zero attached hydrogens (tertiary/aromatic N) is 3. The topological polar surface area (TPSA) is 57.0 Å². The highest BCUT2D eigenvalue weighted by atomic mass is 16.5. The zero-order valence-electron chi connectivity index (χ0n) is 9.80. The molecule has 1 fully saturated rings. The molecule has 1 aliphatic rings. The van der Waals surface area contributed by atoms with Gasteiger partial charge < -0.3 is 4.74 Å². The normalized spacial score (nSPS) is 17.1. The van der Waals surface area contributed by atoms with Crippen LogP contribution in [0.4, 0.5) is 0 Å². The lowest BCUT2D eigenvalue weighted by Crippen LogP contribution is -2.13. The lowest BCUT2D eigenvalue weighted by Gasteiger charge is -2.11. The first-order chi connectivity index (χ1) is 8.07. The Hall–Kier alpha value is -1.91. The maximum absolute atomic E-state index is 11.3. The number of pyridine rings is 1. The van der Waals surface area contributed by atoms with E-state index in [-0.39, 0.29) is 11.5 Å². The molecule has 0 spiro atoms. The fraction of sp³-hybridized carbons (Fsp3) is 0.417. The third-order valence-electron chi connectivity index (χ3n) is 3.00. The minimum atomic E-state index is -0.121. The second kappa shape index (κ2) is 3.29. The average molecular weight is 231 g/mol. The number of carbonyl (C=O) groups excluding carboxylic acids is 1. The highest BCUT2D eigenvalue weighted by Gasteiger charge is 2.40. The molecule has 0 atom stereocenters. The van der Waals surface area contributed by atoms with Gasteiger partial charge in [0.2, 0.25) is 11.8 Å². The van der Waals surface area contributed by atoms with Gasteiger partial charge in [-0.25, -0.2) is 4.98 Å². The molecule has 2 aromatic rings. The molecule has 17 heavy (non-hydrogen) atoms. The highest BCUT2D eigenvalue weighted by molar-refractivity contribution is 5.87. The number of aromatic nitrogens is 3. The second-order valence-electron chi connectivity index (χ2n) is 4.68. The molecule has 3 rings (SSSR count). The van der Waals surface area contributed by atoms with E-state index in [0.29, 0.717) is 16.9 Å². The maximum Gasteiger partial charge on any atom is 0.244 e. The van der Waals surface area contributed by atoms with Gasteiger partial charge in [-0.05, 0) is 25.8 Å². The summed E-state index contributed by atoms with van der Waals surface area (Å²) < 4.78 is 7.10. The highest BCUT2D eigenvalue weighted by Crippen LogP contribution is 2.39. The predicted molar refractivity (Wildman–Crippen MR) is 62.1 cm³/mol. The van der Waals surface area contributed by atoms with E-state index in [1.807, 2.05) is 6.07 Å². The number of carbonyl (C=O) groups is 1. The summed E-state index contributed by atoms with van der Waals surface area (Å²) in [5.74, 6) is 0.477. The van der Waals surface area contributed by atoms with Gasteiger partial charge in [0.05, 0.1) is 11.7 Å². The van der Waals surface area contributed by atoms with Crippen molar-refractivity contribution in [2.45, 2.75) is 32.3 Å². The SMILES string of the molecule is CC(=O)n1ncc2nc(OC3(C)CC3)ccc21. The molecule has 2 heterocycles. The molecule has 2 aromatic heterocycles. The Morgan fingerprint density at radius 1 is 1.47 bits per heavy atom. The van der Waals surface area contributed by atoms with Crippen LogP contribution < -0.4 is 4.74 Å². The Balaban J connectivity index is 1.99. The first kappa shape index (κ1) is 10.3. The van der Waals surface area contributed by atoms with Crippen LogP contribution in [0.5, 0.6) is 5.88 Å². The summed E-state index contributed by atoms with van der Waals surface area (Å²) >= 11 is 0. The van der Waals surface area contributed by atoms with E-state index in [1.165, 1.54) is 11.6 Å². The van der Waals surface area contributed by atoms with Crippen LogP contribution in [0, 0.1) is 0 Å². The van der Waals surface area contributed by atoms with Crippen molar-refractivity contribution in [3.05, 3.63) is 18.3 Å². The number of fused-ring (bicyclic) bond motifs is 1. The lowest BCUT2D eigenvalue weighted by atomic mass is 10.3. The summed E-state index contributed by atoms with van der Waals surface area (Å²) in [6.07, 6.45) is 3.72. The summed E-state index contributed by atoms with van der Waals surface area (Å²) in [6.45, 7) is 3.54. The van der Waals surface area contributed by atoms with Crippen LogP contribution in [-0.2, 0) is 0 Å². The van der Waals surface area contributed by atoms with Gasteiger partial charge in [-0.2, -0.15) is 9.78 Å². The molecule has 88 valence electrons. The number of rotatable bonds is 2. The Morgan fingerprint density at radius 3 is 2.88 bits per heavy atom. The molecule has 5 heteroatoms. The lowest BCUT2D eigenvalue weighted by molar-refractivity contribution is 0.0926. The molecule has 0 radical (unpaired) electrons.